The standard InChI is InChI=1S/C29H47NO2/c1-24(2)12-14-29(30)15-13-28(7)23(18(29)17-24)19(31)16-21-26(5)10-9-22(32)25(3,4)20(26)8-11-27(21,28)6/h18,20-21,23H,8-17,30H2,1-7H3/t18-,20-,21+,23-,26-,27+,28+,29?/m0/s1. The Balaban J connectivity index is 1.58. The highest BCUT2D eigenvalue weighted by atomic mass is 16.1. The number of carbonyl (C=O) groups is 2. The lowest BCUT2D eigenvalue weighted by molar-refractivity contribution is -0.226. The van der Waals surface area contributed by atoms with Crippen molar-refractivity contribution < 1.29 is 9.59 Å². The van der Waals surface area contributed by atoms with Gasteiger partial charge in [0.1, 0.15) is 11.6 Å². The van der Waals surface area contributed by atoms with Gasteiger partial charge in [0.05, 0.1) is 0 Å². The minimum atomic E-state index is -0.262. The van der Waals surface area contributed by atoms with Gasteiger partial charge in [-0.1, -0.05) is 48.5 Å². The molecule has 5 fully saturated rings. The van der Waals surface area contributed by atoms with E-state index >= 15 is 0 Å². The van der Waals surface area contributed by atoms with Crippen LogP contribution in [0.1, 0.15) is 113 Å². The summed E-state index contributed by atoms with van der Waals surface area (Å²) in [6.07, 6.45) is 10.1. The Morgan fingerprint density at radius 3 is 2.12 bits per heavy atom. The maximum Gasteiger partial charge on any atom is 0.138 e. The highest BCUT2D eigenvalue weighted by Crippen LogP contribution is 2.74. The van der Waals surface area contributed by atoms with Gasteiger partial charge in [0.2, 0.25) is 0 Å². The van der Waals surface area contributed by atoms with Gasteiger partial charge in [-0.05, 0) is 90.8 Å². The average molecular weight is 442 g/mol. The molecule has 0 aromatic heterocycles. The predicted molar refractivity (Wildman–Crippen MR) is 129 cm³/mol. The number of rotatable bonds is 0. The van der Waals surface area contributed by atoms with Crippen LogP contribution in [0.3, 0.4) is 0 Å². The van der Waals surface area contributed by atoms with Crippen LogP contribution in [0.5, 0.6) is 0 Å². The van der Waals surface area contributed by atoms with Crippen LogP contribution in [-0.4, -0.2) is 17.1 Å². The van der Waals surface area contributed by atoms with Gasteiger partial charge in [0.25, 0.3) is 0 Å². The molecule has 5 aliphatic carbocycles. The van der Waals surface area contributed by atoms with Crippen LogP contribution in [0, 0.1) is 50.7 Å². The van der Waals surface area contributed by atoms with E-state index < -0.39 is 0 Å². The summed E-state index contributed by atoms with van der Waals surface area (Å²) in [7, 11) is 0. The Kier molecular flexibility index (Phi) is 4.68. The normalized spacial score (nSPS) is 54.1. The second-order valence-corrected chi connectivity index (χ2v) is 15.0. The van der Waals surface area contributed by atoms with Crippen molar-refractivity contribution in [2.45, 2.75) is 118 Å². The molecule has 0 bridgehead atoms. The zero-order valence-electron chi connectivity index (χ0n) is 21.8. The number of nitrogens with two attached hydrogens (primary N) is 1. The molecule has 0 aromatic rings. The summed E-state index contributed by atoms with van der Waals surface area (Å²) >= 11 is 0. The molecule has 3 heteroatoms. The molecule has 0 saturated heterocycles. The molecule has 180 valence electrons. The Bertz CT molecular complexity index is 859. The summed E-state index contributed by atoms with van der Waals surface area (Å²) in [5, 5.41) is 0. The van der Waals surface area contributed by atoms with Crippen molar-refractivity contribution in [1.29, 1.82) is 0 Å². The third-order valence-electron chi connectivity index (χ3n) is 12.8. The molecule has 5 aliphatic rings. The third kappa shape index (κ3) is 2.70. The van der Waals surface area contributed by atoms with Crippen molar-refractivity contribution in [2.75, 3.05) is 0 Å². The quantitative estimate of drug-likeness (QED) is 0.478. The predicted octanol–water partition coefficient (Wildman–Crippen LogP) is 6.33. The van der Waals surface area contributed by atoms with Crippen LogP contribution < -0.4 is 5.73 Å². The maximum atomic E-state index is 14.2. The fraction of sp³-hybridized carbons (Fsp3) is 0.931. The summed E-state index contributed by atoms with van der Waals surface area (Å²) in [4.78, 5) is 27.0. The second-order valence-electron chi connectivity index (χ2n) is 15.0. The summed E-state index contributed by atoms with van der Waals surface area (Å²) in [6.45, 7) is 16.6. The fourth-order valence-corrected chi connectivity index (χ4v) is 10.6. The Hall–Kier alpha value is -0.700. The number of hydrogen-bond acceptors (Lipinski definition) is 3. The third-order valence-corrected chi connectivity index (χ3v) is 12.8. The van der Waals surface area contributed by atoms with Gasteiger partial charge < -0.3 is 5.73 Å². The first-order valence-corrected chi connectivity index (χ1v) is 13.5. The summed E-state index contributed by atoms with van der Waals surface area (Å²) in [6, 6.07) is 0. The molecule has 0 aromatic carbocycles. The van der Waals surface area contributed by atoms with Gasteiger partial charge in [0.15, 0.2) is 0 Å². The molecule has 0 aliphatic heterocycles. The SMILES string of the molecule is CC1(C)CCC2(N)CC[C@]3(C)[C@H](C(=O)C[C@@H]4[C@@]5(C)CCC(=O)C(C)(C)[C@@H]5CC[C@]43C)[C@@H]2C1. The summed E-state index contributed by atoms with van der Waals surface area (Å²) < 4.78 is 0. The van der Waals surface area contributed by atoms with Crippen LogP contribution in [0.15, 0.2) is 0 Å². The molecule has 5 saturated carbocycles. The van der Waals surface area contributed by atoms with E-state index in [0.29, 0.717) is 42.2 Å². The topological polar surface area (TPSA) is 60.2 Å². The molecule has 3 nitrogen and oxygen atoms in total. The minimum Gasteiger partial charge on any atom is -0.325 e. The molecule has 0 spiro atoms. The van der Waals surface area contributed by atoms with Gasteiger partial charge in [0, 0.05) is 29.7 Å². The largest absolute Gasteiger partial charge is 0.325 e. The van der Waals surface area contributed by atoms with Gasteiger partial charge in [-0.15, -0.1) is 0 Å². The molecule has 32 heavy (non-hydrogen) atoms. The molecular formula is C29H47NO2. The van der Waals surface area contributed by atoms with Gasteiger partial charge in [-0.3, -0.25) is 9.59 Å². The van der Waals surface area contributed by atoms with E-state index in [9.17, 15) is 9.59 Å². The highest BCUT2D eigenvalue weighted by molar-refractivity contribution is 5.86. The molecular weight excluding hydrogens is 394 g/mol. The molecule has 2 N–H and O–H groups in total. The molecule has 0 heterocycles. The second kappa shape index (κ2) is 6.49. The minimum absolute atomic E-state index is 0.0214. The van der Waals surface area contributed by atoms with E-state index in [0.717, 1.165) is 44.9 Å². The van der Waals surface area contributed by atoms with E-state index in [1.807, 2.05) is 0 Å². The number of Topliss-reactive ketones (excluding diaryl/α,β-unsaturated/α-hetero) is 2. The van der Waals surface area contributed by atoms with Crippen molar-refractivity contribution in [3.8, 4) is 0 Å². The van der Waals surface area contributed by atoms with Crippen molar-refractivity contribution >= 4 is 11.6 Å². The smallest absolute Gasteiger partial charge is 0.138 e. The van der Waals surface area contributed by atoms with Crippen LogP contribution in [0.25, 0.3) is 0 Å². The zero-order valence-corrected chi connectivity index (χ0v) is 21.8. The summed E-state index contributed by atoms with van der Waals surface area (Å²) in [5.41, 5.74) is 7.23. The molecule has 1 unspecified atom stereocenters. The molecule has 5 rings (SSSR count). The van der Waals surface area contributed by atoms with Crippen molar-refractivity contribution in [1.82, 2.24) is 0 Å². The van der Waals surface area contributed by atoms with E-state index in [1.165, 1.54) is 6.42 Å². The molecule has 0 amide bonds. The van der Waals surface area contributed by atoms with Crippen LogP contribution in [0.2, 0.25) is 0 Å². The van der Waals surface area contributed by atoms with Crippen LogP contribution in [0.4, 0.5) is 0 Å². The first-order valence-electron chi connectivity index (χ1n) is 13.5. The lowest BCUT2D eigenvalue weighted by Gasteiger charge is -2.72. The van der Waals surface area contributed by atoms with E-state index in [2.05, 4.69) is 48.5 Å². The van der Waals surface area contributed by atoms with Crippen LogP contribution >= 0.6 is 0 Å². The van der Waals surface area contributed by atoms with Gasteiger partial charge >= 0.3 is 0 Å². The number of carbonyl (C=O) groups excluding carboxylic acids is 2. The van der Waals surface area contributed by atoms with Gasteiger partial charge in [-0.2, -0.15) is 0 Å². The molecule has 8 atom stereocenters. The number of ketones is 2. The fourth-order valence-electron chi connectivity index (χ4n) is 10.6. The lowest BCUT2D eigenvalue weighted by Crippen LogP contribution is -2.71. The first-order chi connectivity index (χ1) is 14.6. The van der Waals surface area contributed by atoms with Crippen molar-refractivity contribution in [3.05, 3.63) is 0 Å². The highest BCUT2D eigenvalue weighted by Gasteiger charge is 2.71. The zero-order chi connectivity index (χ0) is 23.5. The lowest BCUT2D eigenvalue weighted by atomic mass is 9.32. The Labute approximate surface area is 196 Å². The van der Waals surface area contributed by atoms with E-state index in [4.69, 9.17) is 5.73 Å². The van der Waals surface area contributed by atoms with Gasteiger partial charge in [-0.25, -0.2) is 0 Å². The Morgan fingerprint density at radius 2 is 1.44 bits per heavy atom. The Morgan fingerprint density at radius 1 is 0.781 bits per heavy atom. The van der Waals surface area contributed by atoms with E-state index in [1.54, 1.807) is 0 Å². The number of hydrogen-bond donors (Lipinski definition) is 1. The monoisotopic (exact) mass is 441 g/mol. The van der Waals surface area contributed by atoms with Crippen molar-refractivity contribution in [3.63, 3.8) is 0 Å². The summed E-state index contributed by atoms with van der Waals surface area (Å²) in [5.74, 6) is 2.16. The van der Waals surface area contributed by atoms with Crippen LogP contribution in [-0.2, 0) is 9.59 Å². The maximum absolute atomic E-state index is 14.2. The average Bonchev–Trinajstić information content (AvgIpc) is 2.68. The number of fused-ring (bicyclic) bond motifs is 7. The van der Waals surface area contributed by atoms with Crippen molar-refractivity contribution in [2.24, 2.45) is 56.5 Å². The molecule has 0 radical (unpaired) electrons. The first kappa shape index (κ1) is 23.1. The van der Waals surface area contributed by atoms with E-state index in [-0.39, 0.29) is 38.5 Å².